The van der Waals surface area contributed by atoms with Crippen LogP contribution in [0.4, 0.5) is 5.82 Å². The van der Waals surface area contributed by atoms with Crippen molar-refractivity contribution < 1.29 is 9.53 Å². The van der Waals surface area contributed by atoms with E-state index >= 15 is 0 Å². The lowest BCUT2D eigenvalue weighted by atomic mass is 9.78. The molecule has 0 aliphatic carbocycles. The Bertz CT molecular complexity index is 1160. The Kier molecular flexibility index (Phi) is 5.76. The second kappa shape index (κ2) is 9.05. The zero-order chi connectivity index (χ0) is 23.0. The number of nitrogens with zero attached hydrogens (tertiary/aromatic N) is 5. The summed E-state index contributed by atoms with van der Waals surface area (Å²) in [6.45, 7) is 5.67. The maximum atomic E-state index is 12.6. The Hall–Kier alpha value is -2.88. The van der Waals surface area contributed by atoms with Crippen LogP contribution in [-0.2, 0) is 4.74 Å². The second-order valence-electron chi connectivity index (χ2n) is 9.89. The second-order valence-corrected chi connectivity index (χ2v) is 9.89. The molecular formula is C25H31N7O2. The number of nitrogens with one attached hydrogen (secondary N) is 2. The van der Waals surface area contributed by atoms with Crippen molar-refractivity contribution in [2.24, 2.45) is 5.41 Å². The van der Waals surface area contributed by atoms with Crippen LogP contribution in [0, 0.1) is 5.41 Å². The normalized spacial score (nSPS) is 24.7. The zero-order valence-corrected chi connectivity index (χ0v) is 19.3. The molecule has 3 saturated heterocycles. The quantitative estimate of drug-likeness (QED) is 0.603. The number of imidazole rings is 1. The summed E-state index contributed by atoms with van der Waals surface area (Å²) in [7, 11) is 0. The summed E-state index contributed by atoms with van der Waals surface area (Å²) in [6.07, 6.45) is 9.19. The van der Waals surface area contributed by atoms with Crippen LogP contribution in [0.15, 0.2) is 43.0 Å². The van der Waals surface area contributed by atoms with E-state index in [1.165, 1.54) is 38.7 Å². The summed E-state index contributed by atoms with van der Waals surface area (Å²) < 4.78 is 8.44. The molecule has 3 fully saturated rings. The van der Waals surface area contributed by atoms with E-state index in [0.29, 0.717) is 28.0 Å². The van der Waals surface area contributed by atoms with Gasteiger partial charge in [0.2, 0.25) is 0 Å². The molecule has 2 atom stereocenters. The highest BCUT2D eigenvalue weighted by molar-refractivity contribution is 6.06. The highest BCUT2D eigenvalue weighted by atomic mass is 16.5. The summed E-state index contributed by atoms with van der Waals surface area (Å²) in [6, 6.07) is 9.09. The van der Waals surface area contributed by atoms with Gasteiger partial charge >= 0.3 is 0 Å². The highest BCUT2D eigenvalue weighted by Gasteiger charge is 2.40. The number of likely N-dealkylation sites (tertiary alicyclic amines) is 1. The van der Waals surface area contributed by atoms with Crippen LogP contribution in [0.2, 0.25) is 0 Å². The van der Waals surface area contributed by atoms with Crippen LogP contribution in [0.5, 0.6) is 0 Å². The van der Waals surface area contributed by atoms with Gasteiger partial charge in [-0.1, -0.05) is 18.2 Å². The van der Waals surface area contributed by atoms with Gasteiger partial charge in [0.05, 0.1) is 12.4 Å². The molecule has 3 aliphatic heterocycles. The lowest BCUT2D eigenvalue weighted by molar-refractivity contribution is -0.0104. The fourth-order valence-electron chi connectivity index (χ4n) is 5.79. The van der Waals surface area contributed by atoms with Gasteiger partial charge in [0.1, 0.15) is 12.6 Å². The maximum Gasteiger partial charge on any atom is 0.256 e. The average molecular weight is 462 g/mol. The molecule has 1 spiro atoms. The number of benzene rings is 1. The summed E-state index contributed by atoms with van der Waals surface area (Å²) in [5.41, 5.74) is 2.34. The molecule has 178 valence electrons. The predicted molar refractivity (Wildman–Crippen MR) is 128 cm³/mol. The number of rotatable bonds is 5. The van der Waals surface area contributed by atoms with Gasteiger partial charge in [-0.25, -0.2) is 15.0 Å². The van der Waals surface area contributed by atoms with Crippen molar-refractivity contribution in [1.82, 2.24) is 29.7 Å². The Labute approximate surface area is 198 Å². The lowest BCUT2D eigenvalue weighted by Gasteiger charge is -2.34. The molecule has 3 aromatic rings. The predicted octanol–water partition coefficient (Wildman–Crippen LogP) is 2.83. The van der Waals surface area contributed by atoms with Crippen molar-refractivity contribution in [1.29, 1.82) is 0 Å². The number of amides is 1. The third-order valence-corrected chi connectivity index (χ3v) is 7.67. The average Bonchev–Trinajstić information content (AvgIpc) is 3.60. The van der Waals surface area contributed by atoms with Crippen molar-refractivity contribution >= 4 is 22.9 Å². The summed E-state index contributed by atoms with van der Waals surface area (Å²) in [4.78, 5) is 28.4. The first-order valence-corrected chi connectivity index (χ1v) is 12.3. The van der Waals surface area contributed by atoms with Crippen LogP contribution >= 0.6 is 0 Å². The first kappa shape index (κ1) is 21.6. The molecule has 1 amide bonds. The van der Waals surface area contributed by atoms with Crippen LogP contribution in [0.25, 0.3) is 11.2 Å². The fraction of sp³-hybridized carbons (Fsp3) is 0.520. The number of ether oxygens (including phenoxy) is 1. The largest absolute Gasteiger partial charge is 0.353 e. The van der Waals surface area contributed by atoms with E-state index in [4.69, 9.17) is 4.74 Å². The lowest BCUT2D eigenvalue weighted by Crippen LogP contribution is -2.39. The molecule has 0 bridgehead atoms. The number of hydrogen-bond donors (Lipinski definition) is 2. The molecule has 5 heterocycles. The van der Waals surface area contributed by atoms with Crippen LogP contribution < -0.4 is 10.6 Å². The van der Waals surface area contributed by atoms with E-state index < -0.39 is 0 Å². The Balaban J connectivity index is 1.12. The van der Waals surface area contributed by atoms with E-state index in [1.54, 1.807) is 18.5 Å². The molecule has 9 nitrogen and oxygen atoms in total. The van der Waals surface area contributed by atoms with Gasteiger partial charge in [0, 0.05) is 18.7 Å². The molecule has 2 N–H and O–H groups in total. The topological polar surface area (TPSA) is 97.2 Å². The number of aromatic nitrogens is 4. The smallest absolute Gasteiger partial charge is 0.256 e. The van der Waals surface area contributed by atoms with Crippen molar-refractivity contribution in [2.45, 2.75) is 44.4 Å². The molecule has 9 heteroatoms. The number of hydrogen-bond acceptors (Lipinski definition) is 7. The minimum absolute atomic E-state index is 0.0991. The van der Waals surface area contributed by atoms with Gasteiger partial charge in [0.25, 0.3) is 5.91 Å². The molecule has 0 radical (unpaired) electrons. The van der Waals surface area contributed by atoms with Gasteiger partial charge in [-0.05, 0) is 69.3 Å². The summed E-state index contributed by atoms with van der Waals surface area (Å²) in [5, 5.41) is 6.37. The SMILES string of the molecule is O=C(Nc1ncnc2c1ncn2C1CCC(CN2CCC3(CCNCC3)C2)O1)c1ccccc1. The number of anilines is 1. The number of piperidine rings is 1. The first-order valence-electron chi connectivity index (χ1n) is 12.3. The van der Waals surface area contributed by atoms with Gasteiger partial charge in [-0.2, -0.15) is 0 Å². The van der Waals surface area contributed by atoms with Gasteiger partial charge in [-0.3, -0.25) is 9.36 Å². The van der Waals surface area contributed by atoms with E-state index in [9.17, 15) is 4.79 Å². The molecule has 1 aromatic carbocycles. The first-order chi connectivity index (χ1) is 16.7. The minimum atomic E-state index is -0.218. The van der Waals surface area contributed by atoms with Crippen molar-refractivity contribution in [3.63, 3.8) is 0 Å². The van der Waals surface area contributed by atoms with Crippen molar-refractivity contribution in [2.75, 3.05) is 38.0 Å². The molecule has 3 aliphatic rings. The molecule has 34 heavy (non-hydrogen) atoms. The Morgan fingerprint density at radius 3 is 2.82 bits per heavy atom. The zero-order valence-electron chi connectivity index (χ0n) is 19.3. The minimum Gasteiger partial charge on any atom is -0.353 e. The Morgan fingerprint density at radius 2 is 1.97 bits per heavy atom. The van der Waals surface area contributed by atoms with Crippen molar-refractivity contribution in [3.05, 3.63) is 48.5 Å². The molecule has 0 saturated carbocycles. The van der Waals surface area contributed by atoms with E-state index in [1.807, 2.05) is 22.8 Å². The summed E-state index contributed by atoms with van der Waals surface area (Å²) in [5.74, 6) is 0.195. The van der Waals surface area contributed by atoms with E-state index in [-0.39, 0.29) is 18.2 Å². The van der Waals surface area contributed by atoms with Crippen molar-refractivity contribution in [3.8, 4) is 0 Å². The molecular weight excluding hydrogens is 430 g/mol. The van der Waals surface area contributed by atoms with Crippen LogP contribution in [0.3, 0.4) is 0 Å². The van der Waals surface area contributed by atoms with E-state index in [2.05, 4.69) is 30.5 Å². The standard InChI is InChI=1S/C25H31N7O2/c33-24(18-4-2-1-3-5-18)30-22-21-23(28-16-27-22)32(17-29-21)20-7-6-19(34-20)14-31-13-10-25(15-31)8-11-26-12-9-25/h1-5,16-17,19-20,26H,6-15H2,(H,27,28,30,33). The summed E-state index contributed by atoms with van der Waals surface area (Å²) >= 11 is 0. The molecule has 2 unspecified atom stereocenters. The number of carbonyl (C=O) groups excluding carboxylic acids is 1. The van der Waals surface area contributed by atoms with Gasteiger partial charge in [0.15, 0.2) is 17.0 Å². The third-order valence-electron chi connectivity index (χ3n) is 7.67. The van der Waals surface area contributed by atoms with Crippen LogP contribution in [0.1, 0.15) is 48.7 Å². The number of fused-ring (bicyclic) bond motifs is 1. The van der Waals surface area contributed by atoms with Gasteiger partial charge < -0.3 is 20.3 Å². The monoisotopic (exact) mass is 461 g/mol. The van der Waals surface area contributed by atoms with Crippen LogP contribution in [-0.4, -0.2) is 69.2 Å². The maximum absolute atomic E-state index is 12.6. The van der Waals surface area contributed by atoms with Gasteiger partial charge in [-0.15, -0.1) is 0 Å². The fourth-order valence-corrected chi connectivity index (χ4v) is 5.79. The molecule has 2 aromatic heterocycles. The highest BCUT2D eigenvalue weighted by Crippen LogP contribution is 2.39. The Morgan fingerprint density at radius 1 is 1.12 bits per heavy atom. The third kappa shape index (κ3) is 4.19. The molecule has 6 rings (SSSR count). The van der Waals surface area contributed by atoms with E-state index in [0.717, 1.165) is 32.5 Å². The number of carbonyl (C=O) groups is 1.